The van der Waals surface area contributed by atoms with Gasteiger partial charge in [0.15, 0.2) is 9.77 Å². The van der Waals surface area contributed by atoms with E-state index in [9.17, 15) is 0 Å². The Bertz CT molecular complexity index is 332. The summed E-state index contributed by atoms with van der Waals surface area (Å²) in [4.78, 5) is 4.13. The molecule has 0 bridgehead atoms. The van der Waals surface area contributed by atoms with Gasteiger partial charge in [-0.05, 0) is 18.9 Å². The Morgan fingerprint density at radius 1 is 1.58 bits per heavy atom. The fourth-order valence-electron chi connectivity index (χ4n) is 1.45. The van der Waals surface area contributed by atoms with Crippen LogP contribution in [0.1, 0.15) is 20.3 Å². The summed E-state index contributed by atoms with van der Waals surface area (Å²) in [6.07, 6.45) is 5.43. The fraction of sp³-hybridized carbons (Fsp3) is 0.444. The van der Waals surface area contributed by atoms with Crippen LogP contribution >= 0.6 is 11.9 Å². The van der Waals surface area contributed by atoms with Crippen molar-refractivity contribution in [2.24, 2.45) is 4.52 Å². The minimum Gasteiger partial charge on any atom is -0.0615 e. The Balaban J connectivity index is 2.41. The van der Waals surface area contributed by atoms with Crippen LogP contribution in [0.4, 0.5) is 0 Å². The smallest absolute Gasteiger partial charge is 0.0615 e. The van der Waals surface area contributed by atoms with Gasteiger partial charge in [0.25, 0.3) is 0 Å². The Morgan fingerprint density at radius 2 is 2.42 bits per heavy atom. The van der Waals surface area contributed by atoms with E-state index in [0.717, 1.165) is 12.1 Å². The summed E-state index contributed by atoms with van der Waals surface area (Å²) in [6.45, 7) is 4.27. The molecular formula is C9H11N2S+. The van der Waals surface area contributed by atoms with Crippen molar-refractivity contribution < 1.29 is 4.79 Å². The molecule has 1 aliphatic carbocycles. The summed E-state index contributed by atoms with van der Waals surface area (Å²) in [7, 11) is 0. The first-order valence-corrected chi connectivity index (χ1v) is 4.98. The molecule has 1 heterocycles. The second-order valence-electron chi connectivity index (χ2n) is 3.00. The molecule has 62 valence electrons. The summed E-state index contributed by atoms with van der Waals surface area (Å²) in [6, 6.07) is 0. The lowest BCUT2D eigenvalue weighted by Gasteiger charge is -2.10. The van der Waals surface area contributed by atoms with Gasteiger partial charge in [0.05, 0.1) is 16.7 Å². The SMILES string of the molecule is CCC1=CC=C(C)C2=[N+]=NSC12. The van der Waals surface area contributed by atoms with Crippen LogP contribution in [0.25, 0.3) is 0 Å². The Labute approximate surface area is 76.3 Å². The van der Waals surface area contributed by atoms with Gasteiger partial charge >= 0.3 is 5.71 Å². The monoisotopic (exact) mass is 179 g/mol. The minimum atomic E-state index is 0.417. The Hall–Kier alpha value is -0.790. The quantitative estimate of drug-likeness (QED) is 0.448. The van der Waals surface area contributed by atoms with Crippen LogP contribution in [0, 0.1) is 0 Å². The molecule has 12 heavy (non-hydrogen) atoms. The third kappa shape index (κ3) is 1.06. The lowest BCUT2D eigenvalue weighted by Crippen LogP contribution is -2.21. The molecule has 3 heteroatoms. The van der Waals surface area contributed by atoms with Gasteiger partial charge in [-0.1, -0.05) is 19.1 Å². The Kier molecular flexibility index (Phi) is 1.91. The summed E-state index contributed by atoms with van der Waals surface area (Å²) in [5.41, 5.74) is 3.84. The molecule has 0 fully saturated rings. The van der Waals surface area contributed by atoms with Gasteiger partial charge in [0.2, 0.25) is 0 Å². The molecule has 0 amide bonds. The van der Waals surface area contributed by atoms with E-state index >= 15 is 0 Å². The molecular weight excluding hydrogens is 168 g/mol. The van der Waals surface area contributed by atoms with E-state index in [4.69, 9.17) is 0 Å². The van der Waals surface area contributed by atoms with Crippen molar-refractivity contribution in [3.8, 4) is 0 Å². The highest BCUT2D eigenvalue weighted by atomic mass is 32.2. The minimum absolute atomic E-state index is 0.417. The third-order valence-electron chi connectivity index (χ3n) is 2.25. The van der Waals surface area contributed by atoms with Crippen LogP contribution in [-0.2, 0) is 0 Å². The van der Waals surface area contributed by atoms with Crippen molar-refractivity contribution in [1.29, 1.82) is 0 Å². The molecule has 2 nitrogen and oxygen atoms in total. The zero-order chi connectivity index (χ0) is 8.55. The molecule has 1 atom stereocenters. The van der Waals surface area contributed by atoms with E-state index in [1.165, 1.54) is 11.1 Å². The zero-order valence-corrected chi connectivity index (χ0v) is 8.06. The van der Waals surface area contributed by atoms with Gasteiger partial charge in [0, 0.05) is 5.57 Å². The molecule has 0 aromatic rings. The predicted molar refractivity (Wildman–Crippen MR) is 51.2 cm³/mol. The number of rotatable bonds is 1. The zero-order valence-electron chi connectivity index (χ0n) is 7.24. The molecule has 1 unspecified atom stereocenters. The number of allylic oxidation sites excluding steroid dienone is 3. The normalized spacial score (nSPS) is 26.2. The van der Waals surface area contributed by atoms with Crippen LogP contribution in [0.2, 0.25) is 0 Å². The standard InChI is InChI=1S/C9H11N2S/c1-3-7-5-4-6(2)8-9(7)12-11-10-8/h4-5,9H,3H2,1-2H3/q+1. The number of hydrogen-bond acceptors (Lipinski definition) is 2. The molecule has 0 radical (unpaired) electrons. The molecule has 0 saturated carbocycles. The maximum atomic E-state index is 4.13. The van der Waals surface area contributed by atoms with E-state index in [-0.39, 0.29) is 0 Å². The van der Waals surface area contributed by atoms with Crippen LogP contribution in [0.5, 0.6) is 0 Å². The first-order valence-electron chi connectivity index (χ1n) is 4.14. The van der Waals surface area contributed by atoms with E-state index < -0.39 is 0 Å². The number of fused-ring (bicyclic) bond motifs is 1. The van der Waals surface area contributed by atoms with E-state index in [2.05, 4.69) is 35.3 Å². The van der Waals surface area contributed by atoms with Crippen LogP contribution in [-0.4, -0.2) is 15.8 Å². The van der Waals surface area contributed by atoms with Crippen molar-refractivity contribution in [3.63, 3.8) is 0 Å². The highest BCUT2D eigenvalue weighted by Gasteiger charge is 2.38. The predicted octanol–water partition coefficient (Wildman–Crippen LogP) is 2.41. The van der Waals surface area contributed by atoms with Gasteiger partial charge in [-0.25, -0.2) is 0 Å². The largest absolute Gasteiger partial charge is 0.364 e. The number of hydrogen-bond donors (Lipinski definition) is 0. The van der Waals surface area contributed by atoms with Gasteiger partial charge in [-0.15, -0.1) is 0 Å². The van der Waals surface area contributed by atoms with E-state index in [1.807, 2.05) is 0 Å². The second-order valence-corrected chi connectivity index (χ2v) is 3.84. The highest BCUT2D eigenvalue weighted by molar-refractivity contribution is 7.99. The van der Waals surface area contributed by atoms with E-state index in [1.54, 1.807) is 11.9 Å². The van der Waals surface area contributed by atoms with Crippen molar-refractivity contribution in [1.82, 2.24) is 0 Å². The molecule has 0 aromatic heterocycles. The summed E-state index contributed by atoms with van der Waals surface area (Å²) in [5, 5.41) is 0.417. The van der Waals surface area contributed by atoms with Gasteiger partial charge in [0.1, 0.15) is 0 Å². The maximum absolute atomic E-state index is 4.13. The van der Waals surface area contributed by atoms with Crippen LogP contribution in [0.15, 0.2) is 27.8 Å². The van der Waals surface area contributed by atoms with Crippen LogP contribution in [0.3, 0.4) is 0 Å². The maximum Gasteiger partial charge on any atom is 0.364 e. The van der Waals surface area contributed by atoms with Gasteiger partial charge in [-0.3, -0.25) is 0 Å². The van der Waals surface area contributed by atoms with Gasteiger partial charge < -0.3 is 0 Å². The summed E-state index contributed by atoms with van der Waals surface area (Å²) in [5.74, 6) is 0. The third-order valence-corrected chi connectivity index (χ3v) is 3.16. The van der Waals surface area contributed by atoms with Crippen molar-refractivity contribution in [3.05, 3.63) is 23.3 Å². The fourth-order valence-corrected chi connectivity index (χ4v) is 2.40. The topological polar surface area (TPSA) is 26.5 Å². The van der Waals surface area contributed by atoms with Crippen molar-refractivity contribution in [2.75, 3.05) is 0 Å². The molecule has 0 spiro atoms. The van der Waals surface area contributed by atoms with Gasteiger partial charge in [-0.2, -0.15) is 0 Å². The van der Waals surface area contributed by atoms with E-state index in [0.29, 0.717) is 5.25 Å². The van der Waals surface area contributed by atoms with Crippen LogP contribution < -0.4 is 0 Å². The second kappa shape index (κ2) is 2.92. The summed E-state index contributed by atoms with van der Waals surface area (Å²) < 4.78 is 4.00. The first-order chi connectivity index (χ1) is 5.83. The highest BCUT2D eigenvalue weighted by Crippen LogP contribution is 2.31. The molecule has 0 N–H and O–H groups in total. The first kappa shape index (κ1) is 7.84. The number of nitrogens with zero attached hydrogens (tertiary/aromatic N) is 2. The average Bonchev–Trinajstić information content (AvgIpc) is 2.54. The lowest BCUT2D eigenvalue weighted by atomic mass is 9.95. The lowest BCUT2D eigenvalue weighted by molar-refractivity contribution is -0.0625. The molecule has 2 rings (SSSR count). The molecule has 0 saturated heterocycles. The average molecular weight is 179 g/mol. The summed E-state index contributed by atoms with van der Waals surface area (Å²) >= 11 is 1.57. The molecule has 2 aliphatic rings. The van der Waals surface area contributed by atoms with Crippen molar-refractivity contribution >= 4 is 17.7 Å². The molecule has 0 aromatic carbocycles. The molecule has 1 aliphatic heterocycles. The van der Waals surface area contributed by atoms with Crippen molar-refractivity contribution in [2.45, 2.75) is 25.5 Å². The Morgan fingerprint density at radius 3 is 3.17 bits per heavy atom.